The summed E-state index contributed by atoms with van der Waals surface area (Å²) in [5, 5.41) is 9.18. The lowest BCUT2D eigenvalue weighted by atomic mass is 9.99. The highest BCUT2D eigenvalue weighted by Gasteiger charge is 2.51. The Kier molecular flexibility index (Phi) is 3.92. The molecule has 0 spiro atoms. The van der Waals surface area contributed by atoms with Crippen molar-refractivity contribution >= 4 is 12.1 Å². The van der Waals surface area contributed by atoms with Gasteiger partial charge in [-0.05, 0) is 12.5 Å². The van der Waals surface area contributed by atoms with Crippen LogP contribution in [0.15, 0.2) is 30.3 Å². The normalized spacial score (nSPS) is 25.5. The molecular weight excluding hydrogens is 265 g/mol. The second-order valence-electron chi connectivity index (χ2n) is 5.03. The van der Waals surface area contributed by atoms with E-state index in [-0.39, 0.29) is 19.6 Å². The summed E-state index contributed by atoms with van der Waals surface area (Å²) in [5.74, 6) is -1.23. The molecule has 108 valence electrons. The number of amides is 1. The van der Waals surface area contributed by atoms with Crippen LogP contribution in [0.25, 0.3) is 0 Å². The van der Waals surface area contributed by atoms with E-state index in [0.29, 0.717) is 0 Å². The quantitative estimate of drug-likeness (QED) is 0.922. The van der Waals surface area contributed by atoms with Crippen molar-refractivity contribution in [3.63, 3.8) is 0 Å². The number of nitrogens with zero attached hydrogens (tertiary/aromatic N) is 1. The second kappa shape index (κ2) is 5.48. The van der Waals surface area contributed by atoms with Crippen molar-refractivity contribution in [3.8, 4) is 0 Å². The first-order valence-electron chi connectivity index (χ1n) is 6.29. The molecule has 1 saturated heterocycles. The number of carboxylic acids is 1. The highest BCUT2D eigenvalue weighted by Crippen LogP contribution is 2.32. The summed E-state index contributed by atoms with van der Waals surface area (Å²) in [6, 6.07) is 9.01. The summed E-state index contributed by atoms with van der Waals surface area (Å²) in [5.41, 5.74) is -0.762. The molecule has 2 atom stereocenters. The van der Waals surface area contributed by atoms with Gasteiger partial charge in [-0.15, -0.1) is 0 Å². The first-order valence-corrected chi connectivity index (χ1v) is 6.29. The Balaban J connectivity index is 2.03. The first-order chi connectivity index (χ1) is 9.43. The van der Waals surface area contributed by atoms with E-state index in [9.17, 15) is 19.1 Å². The molecule has 1 amide bonds. The summed E-state index contributed by atoms with van der Waals surface area (Å²) < 4.78 is 18.5. The van der Waals surface area contributed by atoms with Gasteiger partial charge in [-0.25, -0.2) is 14.0 Å². The fourth-order valence-corrected chi connectivity index (χ4v) is 2.28. The highest BCUT2D eigenvalue weighted by molar-refractivity contribution is 5.84. The van der Waals surface area contributed by atoms with Gasteiger partial charge in [0.25, 0.3) is 0 Å². The fourth-order valence-electron chi connectivity index (χ4n) is 2.28. The molecule has 1 aromatic carbocycles. The van der Waals surface area contributed by atoms with Gasteiger partial charge in [0.1, 0.15) is 18.3 Å². The van der Waals surface area contributed by atoms with Crippen LogP contribution in [0.3, 0.4) is 0 Å². The van der Waals surface area contributed by atoms with Gasteiger partial charge in [-0.3, -0.25) is 4.90 Å². The summed E-state index contributed by atoms with van der Waals surface area (Å²) in [6.07, 6.45) is -2.37. The number of hydrogen-bond acceptors (Lipinski definition) is 3. The van der Waals surface area contributed by atoms with E-state index in [1.165, 1.54) is 6.92 Å². The minimum absolute atomic E-state index is 0.0306. The lowest BCUT2D eigenvalue weighted by Gasteiger charge is -2.29. The van der Waals surface area contributed by atoms with Gasteiger partial charge in [0.2, 0.25) is 0 Å². The van der Waals surface area contributed by atoms with Crippen molar-refractivity contribution in [1.82, 2.24) is 4.90 Å². The predicted molar refractivity (Wildman–Crippen MR) is 68.9 cm³/mol. The Hall–Kier alpha value is -2.11. The molecule has 1 heterocycles. The standard InChI is InChI=1S/C14H16FNO4/c1-14(12(17)18)7-11(15)8-16(14)13(19)20-9-10-5-3-2-4-6-10/h2-6,11H,7-9H2,1H3,(H,17,18)/t11-,14-/m1/s1. The smallest absolute Gasteiger partial charge is 0.411 e. The zero-order valence-corrected chi connectivity index (χ0v) is 11.1. The maximum absolute atomic E-state index is 13.4. The average Bonchev–Trinajstić information content (AvgIpc) is 2.74. The maximum atomic E-state index is 13.4. The second-order valence-corrected chi connectivity index (χ2v) is 5.03. The largest absolute Gasteiger partial charge is 0.480 e. The van der Waals surface area contributed by atoms with Crippen molar-refractivity contribution in [3.05, 3.63) is 35.9 Å². The lowest BCUT2D eigenvalue weighted by Crippen LogP contribution is -2.50. The fraction of sp³-hybridized carbons (Fsp3) is 0.429. The zero-order chi connectivity index (χ0) is 14.8. The number of benzene rings is 1. The molecule has 6 heteroatoms. The third kappa shape index (κ3) is 2.74. The number of likely N-dealkylation sites (tertiary alicyclic amines) is 1. The molecule has 20 heavy (non-hydrogen) atoms. The summed E-state index contributed by atoms with van der Waals surface area (Å²) in [7, 11) is 0. The number of aliphatic carboxylic acids is 1. The van der Waals surface area contributed by atoms with Gasteiger partial charge < -0.3 is 9.84 Å². The molecule has 1 aliphatic rings. The molecule has 0 saturated carbocycles. The van der Waals surface area contributed by atoms with Crippen LogP contribution in [-0.4, -0.2) is 40.3 Å². The van der Waals surface area contributed by atoms with Crippen LogP contribution < -0.4 is 0 Å². The van der Waals surface area contributed by atoms with Crippen LogP contribution >= 0.6 is 0 Å². The van der Waals surface area contributed by atoms with E-state index in [2.05, 4.69) is 0 Å². The van der Waals surface area contributed by atoms with Crippen molar-refractivity contribution in [2.24, 2.45) is 0 Å². The Labute approximate surface area is 116 Å². The van der Waals surface area contributed by atoms with E-state index in [4.69, 9.17) is 4.74 Å². The molecule has 1 aromatic rings. The Morgan fingerprint density at radius 2 is 2.10 bits per heavy atom. The zero-order valence-electron chi connectivity index (χ0n) is 11.1. The van der Waals surface area contributed by atoms with Crippen molar-refractivity contribution < 1.29 is 23.8 Å². The molecule has 1 fully saturated rings. The summed E-state index contributed by atoms with van der Waals surface area (Å²) in [4.78, 5) is 24.1. The molecule has 0 unspecified atom stereocenters. The van der Waals surface area contributed by atoms with Gasteiger partial charge in [-0.1, -0.05) is 30.3 Å². The van der Waals surface area contributed by atoms with Gasteiger partial charge in [-0.2, -0.15) is 0 Å². The lowest BCUT2D eigenvalue weighted by molar-refractivity contribution is -0.147. The van der Waals surface area contributed by atoms with Gasteiger partial charge in [0.15, 0.2) is 0 Å². The van der Waals surface area contributed by atoms with Gasteiger partial charge >= 0.3 is 12.1 Å². The number of hydrogen-bond donors (Lipinski definition) is 1. The van der Waals surface area contributed by atoms with E-state index >= 15 is 0 Å². The molecule has 0 bridgehead atoms. The number of ether oxygens (including phenoxy) is 1. The number of alkyl halides is 1. The average molecular weight is 281 g/mol. The number of carbonyl (C=O) groups excluding carboxylic acids is 1. The van der Waals surface area contributed by atoms with Crippen molar-refractivity contribution in [2.75, 3.05) is 6.54 Å². The molecule has 1 aliphatic heterocycles. The Morgan fingerprint density at radius 3 is 2.70 bits per heavy atom. The number of halogens is 1. The van der Waals surface area contributed by atoms with Crippen LogP contribution in [0, 0.1) is 0 Å². The minimum atomic E-state index is -1.55. The van der Waals surface area contributed by atoms with Gasteiger partial charge in [0, 0.05) is 6.42 Å². The van der Waals surface area contributed by atoms with E-state index in [1.807, 2.05) is 6.07 Å². The summed E-state index contributed by atoms with van der Waals surface area (Å²) >= 11 is 0. The molecule has 0 radical (unpaired) electrons. The van der Waals surface area contributed by atoms with Crippen molar-refractivity contribution in [1.29, 1.82) is 0 Å². The van der Waals surface area contributed by atoms with Crippen LogP contribution in [0.4, 0.5) is 9.18 Å². The summed E-state index contributed by atoms with van der Waals surface area (Å²) in [6.45, 7) is 1.11. The monoisotopic (exact) mass is 281 g/mol. The van der Waals surface area contributed by atoms with Crippen LogP contribution in [0.5, 0.6) is 0 Å². The topological polar surface area (TPSA) is 66.8 Å². The maximum Gasteiger partial charge on any atom is 0.411 e. The van der Waals surface area contributed by atoms with E-state index < -0.39 is 23.8 Å². The highest BCUT2D eigenvalue weighted by atomic mass is 19.1. The number of carboxylic acid groups (broad SMARTS) is 1. The molecule has 1 N–H and O–H groups in total. The molecule has 0 aromatic heterocycles. The number of carbonyl (C=O) groups is 2. The minimum Gasteiger partial charge on any atom is -0.480 e. The van der Waals surface area contributed by atoms with E-state index in [0.717, 1.165) is 10.5 Å². The number of rotatable bonds is 3. The third-order valence-electron chi connectivity index (χ3n) is 3.48. The first kappa shape index (κ1) is 14.3. The predicted octanol–water partition coefficient (Wildman–Crippen LogP) is 2.21. The van der Waals surface area contributed by atoms with Crippen LogP contribution in [-0.2, 0) is 16.1 Å². The Morgan fingerprint density at radius 1 is 1.45 bits per heavy atom. The van der Waals surface area contributed by atoms with Gasteiger partial charge in [0.05, 0.1) is 6.54 Å². The SMILES string of the molecule is C[C@]1(C(=O)O)C[C@@H](F)CN1C(=O)OCc1ccccc1. The molecule has 0 aliphatic carbocycles. The van der Waals surface area contributed by atoms with Crippen LogP contribution in [0.1, 0.15) is 18.9 Å². The molecule has 5 nitrogen and oxygen atoms in total. The van der Waals surface area contributed by atoms with Crippen LogP contribution in [0.2, 0.25) is 0 Å². The Bertz CT molecular complexity index is 507. The van der Waals surface area contributed by atoms with Crippen molar-refractivity contribution in [2.45, 2.75) is 31.7 Å². The third-order valence-corrected chi connectivity index (χ3v) is 3.48. The molecular formula is C14H16FNO4. The van der Waals surface area contributed by atoms with E-state index in [1.54, 1.807) is 24.3 Å². The molecule has 2 rings (SSSR count).